The number of ether oxygens (including phenoxy) is 1. The zero-order chi connectivity index (χ0) is 11.9. The Kier molecular flexibility index (Phi) is 7.44. The first-order valence-corrected chi connectivity index (χ1v) is 5.78. The van der Waals surface area contributed by atoms with E-state index in [0.29, 0.717) is 6.54 Å². The number of alkyl carbamates (subject to hydrolysis) is 1. The lowest BCUT2D eigenvalue weighted by Gasteiger charge is -2.25. The molecule has 0 spiro atoms. The molecule has 7 heteroatoms. The van der Waals surface area contributed by atoms with Gasteiger partial charge in [-0.05, 0) is 19.9 Å². The zero-order valence-corrected chi connectivity index (χ0v) is 10.9. The van der Waals surface area contributed by atoms with Crippen LogP contribution in [0.5, 0.6) is 0 Å². The van der Waals surface area contributed by atoms with E-state index >= 15 is 0 Å². The zero-order valence-electron chi connectivity index (χ0n) is 8.65. The number of hydrogen-bond acceptors (Lipinski definition) is 3. The fourth-order valence-electron chi connectivity index (χ4n) is 0.828. The molecule has 0 rings (SSSR count). The van der Waals surface area contributed by atoms with Crippen molar-refractivity contribution in [3.63, 3.8) is 0 Å². The van der Waals surface area contributed by atoms with Gasteiger partial charge in [0.25, 0.3) is 0 Å². The molecule has 90 valence electrons. The normalized spacial score (nSPS) is 13.4. The Morgan fingerprint density at radius 1 is 1.40 bits per heavy atom. The van der Waals surface area contributed by atoms with Gasteiger partial charge in [0.1, 0.15) is 6.17 Å². The quantitative estimate of drug-likeness (QED) is 0.599. The van der Waals surface area contributed by atoms with Crippen LogP contribution in [0.15, 0.2) is 0 Å². The molecular weight excluding hydrogens is 262 g/mol. The summed E-state index contributed by atoms with van der Waals surface area (Å²) in [4.78, 5) is 11.1. The van der Waals surface area contributed by atoms with Crippen LogP contribution in [0.4, 0.5) is 4.79 Å². The predicted octanol–water partition coefficient (Wildman–Crippen LogP) is 2.43. The molecule has 0 aromatic heterocycles. The maximum Gasteiger partial charge on any atom is 0.408 e. The fraction of sp³-hybridized carbons (Fsp3) is 0.875. The fourth-order valence-corrected chi connectivity index (χ4v) is 1.22. The molecule has 0 fully saturated rings. The van der Waals surface area contributed by atoms with Crippen molar-refractivity contribution in [1.29, 1.82) is 0 Å². The van der Waals surface area contributed by atoms with Gasteiger partial charge in [-0.25, -0.2) is 4.79 Å². The molecule has 1 amide bonds. The van der Waals surface area contributed by atoms with Crippen LogP contribution < -0.4 is 10.6 Å². The average Bonchev–Trinajstić information content (AvgIpc) is 2.10. The Balaban J connectivity index is 4.18. The minimum Gasteiger partial charge on any atom is -0.450 e. The Labute approximate surface area is 105 Å². The smallest absolute Gasteiger partial charge is 0.408 e. The molecule has 0 unspecified atom stereocenters. The van der Waals surface area contributed by atoms with Crippen LogP contribution >= 0.6 is 34.8 Å². The molecular formula is C8H15Cl3N2O2. The Morgan fingerprint density at radius 3 is 2.40 bits per heavy atom. The second-order valence-corrected chi connectivity index (χ2v) is 5.16. The number of nitrogens with one attached hydrogen (secondary N) is 2. The molecule has 0 aromatic carbocycles. The van der Waals surface area contributed by atoms with Crippen LogP contribution in [-0.4, -0.2) is 29.2 Å². The van der Waals surface area contributed by atoms with Crippen LogP contribution in [0.2, 0.25) is 0 Å². The van der Waals surface area contributed by atoms with Crippen molar-refractivity contribution in [2.45, 2.75) is 30.2 Å². The van der Waals surface area contributed by atoms with E-state index in [1.165, 1.54) is 0 Å². The van der Waals surface area contributed by atoms with Gasteiger partial charge in [0, 0.05) is 0 Å². The van der Waals surface area contributed by atoms with E-state index in [1.807, 2.05) is 6.92 Å². The summed E-state index contributed by atoms with van der Waals surface area (Å²) in [5, 5.41) is 5.32. The second kappa shape index (κ2) is 7.39. The highest BCUT2D eigenvalue weighted by Crippen LogP contribution is 2.29. The summed E-state index contributed by atoms with van der Waals surface area (Å²) >= 11 is 17.0. The van der Waals surface area contributed by atoms with Crippen LogP contribution in [0.1, 0.15) is 20.3 Å². The van der Waals surface area contributed by atoms with Crippen molar-refractivity contribution in [3.8, 4) is 0 Å². The van der Waals surface area contributed by atoms with E-state index in [1.54, 1.807) is 6.92 Å². The first-order valence-electron chi connectivity index (χ1n) is 4.65. The molecule has 0 aromatic rings. The number of carbonyl (C=O) groups is 1. The molecule has 0 heterocycles. The largest absolute Gasteiger partial charge is 0.450 e. The first-order chi connectivity index (χ1) is 6.91. The Bertz CT molecular complexity index is 197. The highest BCUT2D eigenvalue weighted by Gasteiger charge is 2.33. The van der Waals surface area contributed by atoms with Gasteiger partial charge < -0.3 is 10.1 Å². The Hall–Kier alpha value is 0.1000. The summed E-state index contributed by atoms with van der Waals surface area (Å²) in [6, 6.07) is 0. The van der Waals surface area contributed by atoms with E-state index in [9.17, 15) is 4.79 Å². The molecule has 4 nitrogen and oxygen atoms in total. The summed E-state index contributed by atoms with van der Waals surface area (Å²) < 4.78 is 3.07. The number of rotatable bonds is 5. The number of carbonyl (C=O) groups excluding carboxylic acids is 1. The third kappa shape index (κ3) is 7.06. The van der Waals surface area contributed by atoms with Crippen LogP contribution in [0, 0.1) is 0 Å². The lowest BCUT2D eigenvalue weighted by Crippen LogP contribution is -2.53. The number of halogens is 3. The van der Waals surface area contributed by atoms with E-state index in [2.05, 4.69) is 15.4 Å². The van der Waals surface area contributed by atoms with Gasteiger partial charge in [-0.1, -0.05) is 41.7 Å². The molecule has 0 bridgehead atoms. The third-order valence-corrected chi connectivity index (χ3v) is 2.12. The summed E-state index contributed by atoms with van der Waals surface area (Å²) in [5.74, 6) is 0. The number of alkyl halides is 3. The topological polar surface area (TPSA) is 50.4 Å². The van der Waals surface area contributed by atoms with Crippen molar-refractivity contribution in [1.82, 2.24) is 10.6 Å². The molecule has 0 saturated carbocycles. The van der Waals surface area contributed by atoms with Gasteiger partial charge >= 0.3 is 6.09 Å². The van der Waals surface area contributed by atoms with Crippen LogP contribution in [0.25, 0.3) is 0 Å². The standard InChI is InChI=1S/C8H15Cl3N2O2/c1-3-5-12-6(8(9,10)11)13-7(14)15-4-2/h6,12H,3-5H2,1-2H3,(H,13,14)/t6-/m1/s1. The SMILES string of the molecule is CCCN[C@H](NC(=O)OCC)C(Cl)(Cl)Cl. The highest BCUT2D eigenvalue weighted by atomic mass is 35.6. The highest BCUT2D eigenvalue weighted by molar-refractivity contribution is 6.68. The van der Waals surface area contributed by atoms with E-state index in [4.69, 9.17) is 34.8 Å². The Morgan fingerprint density at radius 2 is 2.00 bits per heavy atom. The molecule has 2 N–H and O–H groups in total. The van der Waals surface area contributed by atoms with Crippen molar-refractivity contribution >= 4 is 40.9 Å². The van der Waals surface area contributed by atoms with Crippen molar-refractivity contribution < 1.29 is 9.53 Å². The average molecular weight is 278 g/mol. The van der Waals surface area contributed by atoms with Gasteiger partial charge in [0.05, 0.1) is 6.61 Å². The van der Waals surface area contributed by atoms with E-state index < -0.39 is 16.1 Å². The minimum absolute atomic E-state index is 0.270. The summed E-state index contributed by atoms with van der Waals surface area (Å²) in [7, 11) is 0. The number of amides is 1. The molecule has 0 aliphatic carbocycles. The third-order valence-electron chi connectivity index (χ3n) is 1.46. The monoisotopic (exact) mass is 276 g/mol. The van der Waals surface area contributed by atoms with Crippen molar-refractivity contribution in [2.75, 3.05) is 13.2 Å². The molecule has 1 atom stereocenters. The van der Waals surface area contributed by atoms with Crippen LogP contribution in [0.3, 0.4) is 0 Å². The van der Waals surface area contributed by atoms with Gasteiger partial charge in [-0.15, -0.1) is 0 Å². The minimum atomic E-state index is -1.61. The van der Waals surface area contributed by atoms with Crippen molar-refractivity contribution in [2.24, 2.45) is 0 Å². The predicted molar refractivity (Wildman–Crippen MR) is 62.5 cm³/mol. The molecule has 0 saturated heterocycles. The second-order valence-electron chi connectivity index (χ2n) is 2.79. The van der Waals surface area contributed by atoms with E-state index in [0.717, 1.165) is 6.42 Å². The maximum atomic E-state index is 11.1. The summed E-state index contributed by atoms with van der Waals surface area (Å²) in [6.07, 6.45) is -0.513. The summed E-state index contributed by atoms with van der Waals surface area (Å²) in [6.45, 7) is 4.56. The summed E-state index contributed by atoms with van der Waals surface area (Å²) in [5.41, 5.74) is 0. The lowest BCUT2D eigenvalue weighted by molar-refractivity contribution is 0.146. The molecule has 0 radical (unpaired) electrons. The first kappa shape index (κ1) is 15.1. The molecule has 15 heavy (non-hydrogen) atoms. The van der Waals surface area contributed by atoms with Gasteiger partial charge in [0.15, 0.2) is 0 Å². The maximum absolute atomic E-state index is 11.1. The van der Waals surface area contributed by atoms with Gasteiger partial charge in [-0.3, -0.25) is 5.32 Å². The van der Waals surface area contributed by atoms with Crippen molar-refractivity contribution in [3.05, 3.63) is 0 Å². The lowest BCUT2D eigenvalue weighted by atomic mass is 10.4. The van der Waals surface area contributed by atoms with Crippen LogP contribution in [-0.2, 0) is 4.74 Å². The molecule has 0 aliphatic heterocycles. The van der Waals surface area contributed by atoms with Gasteiger partial charge in [0.2, 0.25) is 3.79 Å². The number of hydrogen-bond donors (Lipinski definition) is 2. The van der Waals surface area contributed by atoms with Gasteiger partial charge in [-0.2, -0.15) is 0 Å². The van der Waals surface area contributed by atoms with E-state index in [-0.39, 0.29) is 6.61 Å². The molecule has 0 aliphatic rings.